The fourth-order valence-corrected chi connectivity index (χ4v) is 4.28. The Morgan fingerprint density at radius 2 is 1.75 bits per heavy atom. The molecule has 9 heteroatoms. The number of fused-ring (bicyclic) bond motifs is 1. The molecule has 0 saturated heterocycles. The third-order valence-corrected chi connectivity index (χ3v) is 6.39. The lowest BCUT2D eigenvalue weighted by Gasteiger charge is -2.17. The SMILES string of the molecule is CNCCN(C)c1cnc2ccc(-c3cncc(NS(=O)(=O)c4ccccc4)c3)cc2n1. The van der Waals surface area contributed by atoms with Gasteiger partial charge in [0.1, 0.15) is 5.82 Å². The summed E-state index contributed by atoms with van der Waals surface area (Å²) >= 11 is 0. The van der Waals surface area contributed by atoms with Crippen LogP contribution in [0.2, 0.25) is 0 Å². The van der Waals surface area contributed by atoms with E-state index in [2.05, 4.69) is 20.0 Å². The molecule has 0 atom stereocenters. The molecule has 0 fully saturated rings. The molecule has 2 N–H and O–H groups in total. The lowest BCUT2D eigenvalue weighted by Crippen LogP contribution is -2.27. The average Bonchev–Trinajstić information content (AvgIpc) is 2.82. The highest BCUT2D eigenvalue weighted by atomic mass is 32.2. The van der Waals surface area contributed by atoms with Crippen LogP contribution in [0.15, 0.2) is 78.1 Å². The molecule has 0 aliphatic heterocycles. The third-order valence-electron chi connectivity index (χ3n) is 5.00. The van der Waals surface area contributed by atoms with E-state index in [-0.39, 0.29) is 4.90 Å². The van der Waals surface area contributed by atoms with E-state index in [0.717, 1.165) is 41.1 Å². The van der Waals surface area contributed by atoms with E-state index in [1.54, 1.807) is 48.8 Å². The van der Waals surface area contributed by atoms with Gasteiger partial charge in [0.15, 0.2) is 0 Å². The highest BCUT2D eigenvalue weighted by Gasteiger charge is 2.14. The van der Waals surface area contributed by atoms with Crippen molar-refractivity contribution in [1.82, 2.24) is 20.3 Å². The lowest BCUT2D eigenvalue weighted by atomic mass is 10.1. The van der Waals surface area contributed by atoms with Crippen LogP contribution in [0, 0.1) is 0 Å². The molecule has 32 heavy (non-hydrogen) atoms. The molecular weight excluding hydrogens is 424 g/mol. The molecule has 0 aliphatic rings. The molecule has 4 rings (SSSR count). The summed E-state index contributed by atoms with van der Waals surface area (Å²) in [6.45, 7) is 1.65. The summed E-state index contributed by atoms with van der Waals surface area (Å²) in [5.41, 5.74) is 3.57. The molecule has 0 bridgehead atoms. The predicted molar refractivity (Wildman–Crippen MR) is 127 cm³/mol. The number of nitrogens with one attached hydrogen (secondary N) is 2. The van der Waals surface area contributed by atoms with Crippen LogP contribution in [0.25, 0.3) is 22.2 Å². The summed E-state index contributed by atoms with van der Waals surface area (Å²) in [5, 5.41) is 3.12. The van der Waals surface area contributed by atoms with Gasteiger partial charge >= 0.3 is 0 Å². The fourth-order valence-electron chi connectivity index (χ4n) is 3.23. The maximum absolute atomic E-state index is 12.6. The number of nitrogens with zero attached hydrogens (tertiary/aromatic N) is 4. The second kappa shape index (κ2) is 9.29. The molecule has 0 radical (unpaired) electrons. The van der Waals surface area contributed by atoms with Crippen LogP contribution in [0.3, 0.4) is 0 Å². The predicted octanol–water partition coefficient (Wildman–Crippen LogP) is 3.15. The van der Waals surface area contributed by atoms with Crippen LogP contribution in [-0.4, -0.2) is 50.6 Å². The van der Waals surface area contributed by atoms with E-state index >= 15 is 0 Å². The summed E-state index contributed by atoms with van der Waals surface area (Å²) in [6, 6.07) is 15.7. The number of hydrogen-bond acceptors (Lipinski definition) is 7. The van der Waals surface area contributed by atoms with Gasteiger partial charge in [0.05, 0.1) is 34.0 Å². The zero-order valence-electron chi connectivity index (χ0n) is 17.9. The molecule has 2 aromatic heterocycles. The molecular formula is C23H24N6O2S. The number of pyridine rings is 1. The normalized spacial score (nSPS) is 11.4. The minimum atomic E-state index is -3.69. The number of rotatable bonds is 8. The molecule has 0 aliphatic carbocycles. The van der Waals surface area contributed by atoms with E-state index in [4.69, 9.17) is 4.98 Å². The summed E-state index contributed by atoms with van der Waals surface area (Å²) < 4.78 is 27.9. The Morgan fingerprint density at radius 1 is 0.938 bits per heavy atom. The van der Waals surface area contributed by atoms with Gasteiger partial charge in [-0.15, -0.1) is 0 Å². The van der Waals surface area contributed by atoms with Gasteiger partial charge in [0.2, 0.25) is 0 Å². The van der Waals surface area contributed by atoms with Gasteiger partial charge in [-0.05, 0) is 42.9 Å². The summed E-state index contributed by atoms with van der Waals surface area (Å²) in [4.78, 5) is 15.7. The molecule has 0 saturated carbocycles. The van der Waals surface area contributed by atoms with Crippen molar-refractivity contribution in [1.29, 1.82) is 0 Å². The van der Waals surface area contributed by atoms with Crippen LogP contribution in [-0.2, 0) is 10.0 Å². The number of sulfonamides is 1. The van der Waals surface area contributed by atoms with Crippen LogP contribution in [0.4, 0.5) is 11.5 Å². The molecule has 164 valence electrons. The minimum Gasteiger partial charge on any atom is -0.357 e. The van der Waals surface area contributed by atoms with Crippen molar-refractivity contribution in [2.75, 3.05) is 36.8 Å². The molecule has 0 amide bonds. The van der Waals surface area contributed by atoms with Gasteiger partial charge in [0, 0.05) is 31.9 Å². The number of anilines is 2. The summed E-state index contributed by atoms with van der Waals surface area (Å²) in [5.74, 6) is 0.785. The van der Waals surface area contributed by atoms with Crippen molar-refractivity contribution in [3.8, 4) is 11.1 Å². The highest BCUT2D eigenvalue weighted by molar-refractivity contribution is 7.92. The Morgan fingerprint density at radius 3 is 2.53 bits per heavy atom. The first-order valence-corrected chi connectivity index (χ1v) is 11.6. The van der Waals surface area contributed by atoms with Crippen molar-refractivity contribution < 1.29 is 8.42 Å². The standard InChI is InChI=1S/C23H24N6O2S/c1-24-10-11-29(2)23-16-26-21-9-8-17(13-22(21)27-23)18-12-19(15-25-14-18)28-32(30,31)20-6-4-3-5-7-20/h3-9,12-16,24,28H,10-11H2,1-2H3. The number of likely N-dealkylation sites (N-methyl/N-ethyl adjacent to an activating group) is 2. The summed E-state index contributed by atoms with van der Waals surface area (Å²) in [6.07, 6.45) is 4.94. The maximum atomic E-state index is 12.6. The first-order chi connectivity index (χ1) is 15.5. The monoisotopic (exact) mass is 448 g/mol. The van der Waals surface area contributed by atoms with Crippen molar-refractivity contribution in [3.63, 3.8) is 0 Å². The van der Waals surface area contributed by atoms with E-state index in [9.17, 15) is 8.42 Å². The van der Waals surface area contributed by atoms with Crippen LogP contribution < -0.4 is 14.9 Å². The van der Waals surface area contributed by atoms with Crippen LogP contribution >= 0.6 is 0 Å². The fraction of sp³-hybridized carbons (Fsp3) is 0.174. The highest BCUT2D eigenvalue weighted by Crippen LogP contribution is 2.26. The molecule has 8 nitrogen and oxygen atoms in total. The van der Waals surface area contributed by atoms with E-state index in [1.807, 2.05) is 37.2 Å². The summed E-state index contributed by atoms with van der Waals surface area (Å²) in [7, 11) is 0.194. The quantitative estimate of drug-likeness (QED) is 0.427. The molecule has 0 spiro atoms. The van der Waals surface area contributed by atoms with Crippen molar-refractivity contribution >= 4 is 32.6 Å². The Balaban J connectivity index is 1.63. The van der Waals surface area contributed by atoms with Crippen molar-refractivity contribution in [2.24, 2.45) is 0 Å². The molecule has 4 aromatic rings. The topological polar surface area (TPSA) is 100 Å². The van der Waals surface area contributed by atoms with Gasteiger partial charge in [-0.2, -0.15) is 0 Å². The number of aromatic nitrogens is 3. The lowest BCUT2D eigenvalue weighted by molar-refractivity contribution is 0.601. The van der Waals surface area contributed by atoms with Crippen LogP contribution in [0.5, 0.6) is 0 Å². The second-order valence-electron chi connectivity index (χ2n) is 7.34. The number of hydrogen-bond donors (Lipinski definition) is 2. The Kier molecular flexibility index (Phi) is 6.29. The van der Waals surface area contributed by atoms with E-state index in [0.29, 0.717) is 5.69 Å². The second-order valence-corrected chi connectivity index (χ2v) is 9.02. The van der Waals surface area contributed by atoms with Gasteiger partial charge in [-0.25, -0.2) is 13.4 Å². The van der Waals surface area contributed by atoms with Gasteiger partial charge in [-0.3, -0.25) is 14.7 Å². The largest absolute Gasteiger partial charge is 0.357 e. The van der Waals surface area contributed by atoms with Crippen molar-refractivity contribution in [2.45, 2.75) is 4.90 Å². The average molecular weight is 449 g/mol. The Hall–Kier alpha value is -3.56. The van der Waals surface area contributed by atoms with Gasteiger partial charge in [0.25, 0.3) is 10.0 Å². The van der Waals surface area contributed by atoms with Gasteiger partial charge in [-0.1, -0.05) is 24.3 Å². The van der Waals surface area contributed by atoms with Crippen molar-refractivity contribution in [3.05, 3.63) is 73.2 Å². The Bertz CT molecular complexity index is 1330. The molecule has 2 heterocycles. The van der Waals surface area contributed by atoms with E-state index < -0.39 is 10.0 Å². The van der Waals surface area contributed by atoms with E-state index in [1.165, 1.54) is 6.20 Å². The Labute approximate surface area is 187 Å². The third kappa shape index (κ3) is 4.84. The first-order valence-electron chi connectivity index (χ1n) is 10.1. The number of benzene rings is 2. The van der Waals surface area contributed by atoms with Crippen LogP contribution in [0.1, 0.15) is 0 Å². The first kappa shape index (κ1) is 21.7. The zero-order valence-corrected chi connectivity index (χ0v) is 18.7. The molecule has 0 unspecified atom stereocenters. The zero-order chi connectivity index (χ0) is 22.6. The molecule has 2 aromatic carbocycles. The minimum absolute atomic E-state index is 0.196. The van der Waals surface area contributed by atoms with Gasteiger partial charge < -0.3 is 10.2 Å². The maximum Gasteiger partial charge on any atom is 0.261 e. The smallest absolute Gasteiger partial charge is 0.261 e.